The molecule has 5 nitrogen and oxygen atoms in total. The SMILES string of the molecule is CCC(=O)N[C@H](C)[C@@H]1c2cc(OC)c(OC)cc2CCN1Cc1ccc(C)cc1. The summed E-state index contributed by atoms with van der Waals surface area (Å²) < 4.78 is 11.1. The van der Waals surface area contributed by atoms with Crippen LogP contribution in [0.3, 0.4) is 0 Å². The van der Waals surface area contributed by atoms with Gasteiger partial charge >= 0.3 is 0 Å². The predicted molar refractivity (Wildman–Crippen MR) is 115 cm³/mol. The molecule has 3 rings (SSSR count). The normalized spacial score (nSPS) is 17.3. The highest BCUT2D eigenvalue weighted by atomic mass is 16.5. The lowest BCUT2D eigenvalue weighted by Crippen LogP contribution is -2.47. The monoisotopic (exact) mass is 396 g/mol. The molecule has 5 heteroatoms. The van der Waals surface area contributed by atoms with Gasteiger partial charge in [0, 0.05) is 25.6 Å². The Bertz CT molecular complexity index is 848. The summed E-state index contributed by atoms with van der Waals surface area (Å²) in [5.41, 5.74) is 4.99. The second kappa shape index (κ2) is 9.31. The van der Waals surface area contributed by atoms with E-state index in [0.29, 0.717) is 6.42 Å². The fourth-order valence-electron chi connectivity index (χ4n) is 4.15. The maximum Gasteiger partial charge on any atom is 0.219 e. The molecule has 1 heterocycles. The van der Waals surface area contributed by atoms with Crippen LogP contribution in [0.5, 0.6) is 11.5 Å². The van der Waals surface area contributed by atoms with E-state index in [-0.39, 0.29) is 18.0 Å². The van der Waals surface area contributed by atoms with E-state index in [2.05, 4.69) is 60.5 Å². The van der Waals surface area contributed by atoms with Crippen LogP contribution in [-0.2, 0) is 17.8 Å². The fourth-order valence-corrected chi connectivity index (χ4v) is 4.15. The Morgan fingerprint density at radius 3 is 2.45 bits per heavy atom. The lowest BCUT2D eigenvalue weighted by Gasteiger charge is -2.41. The summed E-state index contributed by atoms with van der Waals surface area (Å²) in [6, 6.07) is 12.9. The van der Waals surface area contributed by atoms with Crippen molar-refractivity contribution in [3.8, 4) is 11.5 Å². The van der Waals surface area contributed by atoms with E-state index >= 15 is 0 Å². The molecule has 1 amide bonds. The highest BCUT2D eigenvalue weighted by Crippen LogP contribution is 2.40. The Kier molecular flexibility index (Phi) is 6.80. The van der Waals surface area contributed by atoms with E-state index in [1.165, 1.54) is 22.3 Å². The van der Waals surface area contributed by atoms with Gasteiger partial charge in [0.15, 0.2) is 11.5 Å². The van der Waals surface area contributed by atoms with Crippen LogP contribution in [0.1, 0.15) is 48.6 Å². The van der Waals surface area contributed by atoms with Crippen LogP contribution < -0.4 is 14.8 Å². The first-order chi connectivity index (χ1) is 14.0. The summed E-state index contributed by atoms with van der Waals surface area (Å²) in [7, 11) is 3.33. The summed E-state index contributed by atoms with van der Waals surface area (Å²) in [5, 5.41) is 3.18. The first-order valence-electron chi connectivity index (χ1n) is 10.3. The minimum absolute atomic E-state index is 0.0231. The Morgan fingerprint density at radius 1 is 1.17 bits per heavy atom. The first kappa shape index (κ1) is 21.2. The Labute approximate surface area is 174 Å². The van der Waals surface area contributed by atoms with Crippen LogP contribution in [0.25, 0.3) is 0 Å². The third-order valence-electron chi connectivity index (χ3n) is 5.72. The molecule has 2 atom stereocenters. The van der Waals surface area contributed by atoms with Crippen LogP contribution in [0.2, 0.25) is 0 Å². The zero-order valence-corrected chi connectivity index (χ0v) is 18.1. The minimum Gasteiger partial charge on any atom is -0.493 e. The van der Waals surface area contributed by atoms with Gasteiger partial charge in [-0.3, -0.25) is 9.69 Å². The highest BCUT2D eigenvalue weighted by molar-refractivity contribution is 5.76. The number of methoxy groups -OCH3 is 2. The Balaban J connectivity index is 1.98. The van der Waals surface area contributed by atoms with E-state index < -0.39 is 0 Å². The molecule has 0 saturated carbocycles. The standard InChI is InChI=1S/C24H32N2O3/c1-6-23(27)25-17(3)24-20-14-22(29-5)21(28-4)13-19(20)11-12-26(24)15-18-9-7-16(2)8-10-18/h7-10,13-14,17,24H,6,11-12,15H2,1-5H3,(H,25,27)/t17-,24-/m1/s1. The van der Waals surface area contributed by atoms with Crippen molar-refractivity contribution in [2.75, 3.05) is 20.8 Å². The van der Waals surface area contributed by atoms with Gasteiger partial charge in [-0.2, -0.15) is 0 Å². The summed E-state index contributed by atoms with van der Waals surface area (Å²) >= 11 is 0. The lowest BCUT2D eigenvalue weighted by atomic mass is 9.87. The second-order valence-corrected chi connectivity index (χ2v) is 7.77. The number of fused-ring (bicyclic) bond motifs is 1. The van der Waals surface area contributed by atoms with Crippen molar-refractivity contribution in [2.45, 2.75) is 52.2 Å². The van der Waals surface area contributed by atoms with Crippen LogP contribution >= 0.6 is 0 Å². The van der Waals surface area contributed by atoms with E-state index in [4.69, 9.17) is 9.47 Å². The first-order valence-corrected chi connectivity index (χ1v) is 10.3. The molecule has 0 aromatic heterocycles. The molecule has 0 aliphatic carbocycles. The zero-order chi connectivity index (χ0) is 21.0. The zero-order valence-electron chi connectivity index (χ0n) is 18.1. The number of ether oxygens (including phenoxy) is 2. The number of rotatable bonds is 7. The van der Waals surface area contributed by atoms with E-state index in [9.17, 15) is 4.79 Å². The summed E-state index contributed by atoms with van der Waals surface area (Å²) in [5.74, 6) is 1.55. The van der Waals surface area contributed by atoms with Gasteiger partial charge in [-0.25, -0.2) is 0 Å². The van der Waals surface area contributed by atoms with Gasteiger partial charge in [0.1, 0.15) is 0 Å². The van der Waals surface area contributed by atoms with Gasteiger partial charge in [0.05, 0.1) is 20.3 Å². The second-order valence-electron chi connectivity index (χ2n) is 7.77. The van der Waals surface area contributed by atoms with Crippen LogP contribution in [0, 0.1) is 6.92 Å². The maximum absolute atomic E-state index is 12.1. The number of nitrogens with one attached hydrogen (secondary N) is 1. The molecule has 0 spiro atoms. The Hall–Kier alpha value is -2.53. The number of aryl methyl sites for hydroxylation is 1. The number of hydrogen-bond acceptors (Lipinski definition) is 4. The quantitative estimate of drug-likeness (QED) is 0.768. The van der Waals surface area contributed by atoms with Crippen molar-refractivity contribution >= 4 is 5.91 Å². The molecular weight excluding hydrogens is 364 g/mol. The molecule has 1 aliphatic rings. The molecular formula is C24H32N2O3. The van der Waals surface area contributed by atoms with Gasteiger partial charge < -0.3 is 14.8 Å². The van der Waals surface area contributed by atoms with E-state index in [1.807, 2.05) is 6.92 Å². The number of carbonyl (C=O) groups excluding carboxylic acids is 1. The van der Waals surface area contributed by atoms with Crippen LogP contribution in [0.15, 0.2) is 36.4 Å². The molecule has 0 fully saturated rings. The molecule has 0 saturated heterocycles. The number of nitrogens with zero attached hydrogens (tertiary/aromatic N) is 1. The smallest absolute Gasteiger partial charge is 0.219 e. The summed E-state index contributed by atoms with van der Waals surface area (Å²) in [6.45, 7) is 7.84. The summed E-state index contributed by atoms with van der Waals surface area (Å²) in [4.78, 5) is 14.6. The lowest BCUT2D eigenvalue weighted by molar-refractivity contribution is -0.121. The van der Waals surface area contributed by atoms with Crippen molar-refractivity contribution in [1.29, 1.82) is 0 Å². The number of amides is 1. The van der Waals surface area contributed by atoms with Crippen molar-refractivity contribution in [3.05, 3.63) is 58.7 Å². The largest absolute Gasteiger partial charge is 0.493 e. The molecule has 2 aromatic rings. The van der Waals surface area contributed by atoms with Gasteiger partial charge in [0.25, 0.3) is 0 Å². The molecule has 1 aliphatic heterocycles. The molecule has 1 N–H and O–H groups in total. The average molecular weight is 397 g/mol. The topological polar surface area (TPSA) is 50.8 Å². The maximum atomic E-state index is 12.1. The van der Waals surface area contributed by atoms with Gasteiger partial charge in [-0.15, -0.1) is 0 Å². The molecule has 0 radical (unpaired) electrons. The number of carbonyl (C=O) groups is 1. The molecule has 29 heavy (non-hydrogen) atoms. The summed E-state index contributed by atoms with van der Waals surface area (Å²) in [6.07, 6.45) is 1.42. The van der Waals surface area contributed by atoms with Crippen molar-refractivity contribution < 1.29 is 14.3 Å². The third-order valence-corrected chi connectivity index (χ3v) is 5.72. The van der Waals surface area contributed by atoms with Crippen molar-refractivity contribution in [2.24, 2.45) is 0 Å². The van der Waals surface area contributed by atoms with Crippen LogP contribution in [-0.4, -0.2) is 37.6 Å². The Morgan fingerprint density at radius 2 is 1.83 bits per heavy atom. The predicted octanol–water partition coefficient (Wildman–Crippen LogP) is 4.03. The fraction of sp³-hybridized carbons (Fsp3) is 0.458. The molecule has 2 aromatic carbocycles. The molecule has 0 bridgehead atoms. The number of hydrogen-bond donors (Lipinski definition) is 1. The average Bonchev–Trinajstić information content (AvgIpc) is 2.73. The van der Waals surface area contributed by atoms with Crippen LogP contribution in [0.4, 0.5) is 0 Å². The van der Waals surface area contributed by atoms with Crippen molar-refractivity contribution in [3.63, 3.8) is 0 Å². The van der Waals surface area contributed by atoms with Crippen molar-refractivity contribution in [1.82, 2.24) is 10.2 Å². The molecule has 156 valence electrons. The van der Waals surface area contributed by atoms with Gasteiger partial charge in [0.2, 0.25) is 5.91 Å². The minimum atomic E-state index is -0.0231. The van der Waals surface area contributed by atoms with E-state index in [1.54, 1.807) is 14.2 Å². The van der Waals surface area contributed by atoms with Gasteiger partial charge in [-0.1, -0.05) is 36.8 Å². The third kappa shape index (κ3) is 4.73. The van der Waals surface area contributed by atoms with E-state index in [0.717, 1.165) is 31.0 Å². The van der Waals surface area contributed by atoms with Gasteiger partial charge in [-0.05, 0) is 49.1 Å². The highest BCUT2D eigenvalue weighted by Gasteiger charge is 2.33. The number of benzene rings is 2. The molecule has 0 unspecified atom stereocenters.